The number of rotatable bonds is 3. The molecule has 1 aromatic heterocycles. The average molecular weight is 287 g/mol. The molecule has 1 aliphatic heterocycles. The first-order chi connectivity index (χ1) is 10.2. The van der Waals surface area contributed by atoms with E-state index >= 15 is 0 Å². The summed E-state index contributed by atoms with van der Waals surface area (Å²) in [5.41, 5.74) is 0.350. The van der Waals surface area contributed by atoms with Gasteiger partial charge in [-0.3, -0.25) is 0 Å². The zero-order valence-electron chi connectivity index (χ0n) is 12.0. The first kappa shape index (κ1) is 13.7. The van der Waals surface area contributed by atoms with E-state index in [4.69, 9.17) is 0 Å². The van der Waals surface area contributed by atoms with Gasteiger partial charge in [0.2, 0.25) is 5.95 Å². The number of hydrogen-bond acceptors (Lipinski definition) is 5. The summed E-state index contributed by atoms with van der Waals surface area (Å²) >= 11 is 0. The molecule has 2 heterocycles. The van der Waals surface area contributed by atoms with Gasteiger partial charge < -0.3 is 10.2 Å². The van der Waals surface area contributed by atoms with Crippen molar-refractivity contribution in [1.82, 2.24) is 15.2 Å². The van der Waals surface area contributed by atoms with E-state index < -0.39 is 0 Å². The van der Waals surface area contributed by atoms with Gasteiger partial charge in [0.1, 0.15) is 5.82 Å². The molecular weight excluding hydrogens is 269 g/mol. The van der Waals surface area contributed by atoms with E-state index in [0.29, 0.717) is 17.6 Å². The normalized spacial score (nSPS) is 18.6. The highest BCUT2D eigenvalue weighted by atomic mass is 19.1. The van der Waals surface area contributed by atoms with Gasteiger partial charge in [0, 0.05) is 13.1 Å². The number of piperidine rings is 1. The molecule has 0 amide bonds. The highest BCUT2D eigenvalue weighted by molar-refractivity contribution is 5.55. The summed E-state index contributed by atoms with van der Waals surface area (Å²) in [7, 11) is 0. The Labute approximate surface area is 123 Å². The van der Waals surface area contributed by atoms with Crippen LogP contribution in [0.1, 0.15) is 19.8 Å². The van der Waals surface area contributed by atoms with Gasteiger partial charge >= 0.3 is 0 Å². The van der Waals surface area contributed by atoms with Crippen molar-refractivity contribution in [2.75, 3.05) is 23.3 Å². The zero-order valence-corrected chi connectivity index (χ0v) is 12.0. The van der Waals surface area contributed by atoms with Crippen LogP contribution in [0.3, 0.4) is 0 Å². The van der Waals surface area contributed by atoms with E-state index in [1.54, 1.807) is 24.4 Å². The van der Waals surface area contributed by atoms with Gasteiger partial charge in [0.25, 0.3) is 0 Å². The average Bonchev–Trinajstić information content (AvgIpc) is 2.50. The van der Waals surface area contributed by atoms with Gasteiger partial charge in [0.15, 0.2) is 5.82 Å². The fraction of sp³-hybridized carbons (Fsp3) is 0.400. The number of benzene rings is 1. The highest BCUT2D eigenvalue weighted by Crippen LogP contribution is 2.22. The summed E-state index contributed by atoms with van der Waals surface area (Å²) in [6, 6.07) is 6.44. The van der Waals surface area contributed by atoms with Gasteiger partial charge in [-0.15, -0.1) is 5.10 Å². The second-order valence-corrected chi connectivity index (χ2v) is 5.44. The molecule has 1 N–H and O–H groups in total. The molecular formula is C15H18FN5. The lowest BCUT2D eigenvalue weighted by Crippen LogP contribution is -2.35. The van der Waals surface area contributed by atoms with Crippen molar-refractivity contribution < 1.29 is 4.39 Å². The van der Waals surface area contributed by atoms with Crippen LogP contribution in [0.5, 0.6) is 0 Å². The summed E-state index contributed by atoms with van der Waals surface area (Å²) in [6.45, 7) is 4.18. The Bertz CT molecular complexity index is 619. The second kappa shape index (κ2) is 6.03. The molecule has 1 aliphatic rings. The molecule has 0 bridgehead atoms. The summed E-state index contributed by atoms with van der Waals surface area (Å²) in [4.78, 5) is 6.65. The molecule has 0 radical (unpaired) electrons. The minimum atomic E-state index is -0.335. The minimum absolute atomic E-state index is 0.316. The lowest BCUT2D eigenvalue weighted by Gasteiger charge is -2.31. The number of nitrogens with one attached hydrogen (secondary N) is 1. The Morgan fingerprint density at radius 3 is 3.00 bits per heavy atom. The van der Waals surface area contributed by atoms with Crippen LogP contribution in [0.15, 0.2) is 30.5 Å². The van der Waals surface area contributed by atoms with Crippen molar-refractivity contribution in [3.05, 3.63) is 36.3 Å². The summed E-state index contributed by atoms with van der Waals surface area (Å²) < 4.78 is 13.6. The third-order valence-corrected chi connectivity index (χ3v) is 3.65. The molecule has 1 atom stereocenters. The van der Waals surface area contributed by atoms with Crippen LogP contribution >= 0.6 is 0 Å². The molecule has 1 unspecified atom stereocenters. The quantitative estimate of drug-likeness (QED) is 0.940. The second-order valence-electron chi connectivity index (χ2n) is 5.44. The van der Waals surface area contributed by atoms with E-state index in [2.05, 4.69) is 32.3 Å². The Morgan fingerprint density at radius 2 is 2.19 bits per heavy atom. The van der Waals surface area contributed by atoms with Gasteiger partial charge in [-0.2, -0.15) is 10.1 Å². The van der Waals surface area contributed by atoms with Crippen molar-refractivity contribution in [2.45, 2.75) is 19.8 Å². The summed E-state index contributed by atoms with van der Waals surface area (Å²) in [5.74, 6) is 1.42. The smallest absolute Gasteiger partial charge is 0.249 e. The number of aromatic nitrogens is 3. The van der Waals surface area contributed by atoms with Crippen LogP contribution in [0, 0.1) is 11.7 Å². The van der Waals surface area contributed by atoms with Crippen molar-refractivity contribution in [1.29, 1.82) is 0 Å². The van der Waals surface area contributed by atoms with Gasteiger partial charge in [-0.05, 0) is 30.9 Å². The molecule has 6 heteroatoms. The Morgan fingerprint density at radius 1 is 1.33 bits per heavy atom. The Kier molecular flexibility index (Phi) is 3.94. The Balaban J connectivity index is 1.78. The van der Waals surface area contributed by atoms with E-state index in [1.165, 1.54) is 12.5 Å². The molecule has 0 aliphatic carbocycles. The number of nitrogens with zero attached hydrogens (tertiary/aromatic N) is 4. The molecule has 1 saturated heterocycles. The van der Waals surface area contributed by atoms with Crippen LogP contribution in [0.25, 0.3) is 0 Å². The number of hydrogen-bond donors (Lipinski definition) is 1. The molecule has 2 aromatic rings. The molecule has 0 saturated carbocycles. The molecule has 3 rings (SSSR count). The lowest BCUT2D eigenvalue weighted by atomic mass is 10.0. The van der Waals surface area contributed by atoms with E-state index in [0.717, 1.165) is 25.3 Å². The van der Waals surface area contributed by atoms with Crippen LogP contribution in [-0.4, -0.2) is 28.3 Å². The zero-order chi connectivity index (χ0) is 14.7. The van der Waals surface area contributed by atoms with Crippen LogP contribution in [0.4, 0.5) is 21.8 Å². The maximum Gasteiger partial charge on any atom is 0.249 e. The third-order valence-electron chi connectivity index (χ3n) is 3.65. The largest absolute Gasteiger partial charge is 0.355 e. The fourth-order valence-electron chi connectivity index (χ4n) is 2.58. The van der Waals surface area contributed by atoms with E-state index in [9.17, 15) is 4.39 Å². The first-order valence-electron chi connectivity index (χ1n) is 7.18. The maximum absolute atomic E-state index is 13.6. The molecule has 1 fully saturated rings. The molecule has 5 nitrogen and oxygen atoms in total. The van der Waals surface area contributed by atoms with Crippen LogP contribution in [-0.2, 0) is 0 Å². The lowest BCUT2D eigenvalue weighted by molar-refractivity contribution is 0.444. The van der Waals surface area contributed by atoms with Crippen LogP contribution in [0.2, 0.25) is 0 Å². The number of anilines is 3. The standard InChI is InChI=1S/C15H18FN5/c1-11-5-4-8-21(10-11)14-9-17-20-15(19-14)18-13-7-3-2-6-12(13)16/h2-3,6-7,9,11H,4-5,8,10H2,1H3,(H,18,19,20). The van der Waals surface area contributed by atoms with Crippen molar-refractivity contribution in [3.8, 4) is 0 Å². The molecule has 110 valence electrons. The fourth-order valence-corrected chi connectivity index (χ4v) is 2.58. The van der Waals surface area contributed by atoms with Crippen molar-refractivity contribution >= 4 is 17.5 Å². The third kappa shape index (κ3) is 3.26. The van der Waals surface area contributed by atoms with Crippen LogP contribution < -0.4 is 10.2 Å². The molecule has 1 aromatic carbocycles. The summed E-state index contributed by atoms with van der Waals surface area (Å²) in [6.07, 6.45) is 4.06. The van der Waals surface area contributed by atoms with E-state index in [-0.39, 0.29) is 5.82 Å². The highest BCUT2D eigenvalue weighted by Gasteiger charge is 2.18. The van der Waals surface area contributed by atoms with Gasteiger partial charge in [0.05, 0.1) is 11.9 Å². The molecule has 0 spiro atoms. The Hall–Kier alpha value is -2.24. The summed E-state index contributed by atoms with van der Waals surface area (Å²) in [5, 5.41) is 10.8. The first-order valence-corrected chi connectivity index (χ1v) is 7.18. The van der Waals surface area contributed by atoms with Gasteiger partial charge in [-0.25, -0.2) is 4.39 Å². The number of para-hydroxylation sites is 1. The molecule has 21 heavy (non-hydrogen) atoms. The SMILES string of the molecule is CC1CCCN(c2cnnc(Nc3ccccc3F)n2)C1. The van der Waals surface area contributed by atoms with Gasteiger partial charge in [-0.1, -0.05) is 19.1 Å². The number of halogens is 1. The van der Waals surface area contributed by atoms with Crippen molar-refractivity contribution in [3.63, 3.8) is 0 Å². The van der Waals surface area contributed by atoms with Crippen molar-refractivity contribution in [2.24, 2.45) is 5.92 Å². The topological polar surface area (TPSA) is 53.9 Å². The monoisotopic (exact) mass is 287 g/mol. The minimum Gasteiger partial charge on any atom is -0.355 e. The predicted octanol–water partition coefficient (Wildman–Crippen LogP) is 2.99. The maximum atomic E-state index is 13.6. The predicted molar refractivity (Wildman–Crippen MR) is 80.1 cm³/mol. The van der Waals surface area contributed by atoms with E-state index in [1.807, 2.05) is 0 Å².